The maximum Gasteiger partial charge on any atom is 0.229 e. The lowest BCUT2D eigenvalue weighted by Crippen LogP contribution is -2.28. The van der Waals surface area contributed by atoms with Crippen LogP contribution in [0.25, 0.3) is 0 Å². The molecule has 2 amide bonds. The van der Waals surface area contributed by atoms with E-state index < -0.39 is 0 Å². The normalized spacial score (nSPS) is 15.6. The third kappa shape index (κ3) is 5.42. The first-order valence-corrected chi connectivity index (χ1v) is 11.7. The lowest BCUT2D eigenvalue weighted by Gasteiger charge is -2.22. The van der Waals surface area contributed by atoms with E-state index in [9.17, 15) is 9.59 Å². The molecule has 1 aromatic heterocycles. The topological polar surface area (TPSA) is 87.2 Å². The zero-order valence-corrected chi connectivity index (χ0v) is 20.1. The minimum atomic E-state index is -0.382. The fraction of sp³-hybridized carbons (Fsp3) is 0.333. The average molecular weight is 458 g/mol. The van der Waals surface area contributed by atoms with E-state index in [0.29, 0.717) is 24.7 Å². The van der Waals surface area contributed by atoms with Gasteiger partial charge in [-0.2, -0.15) is 0 Å². The zero-order valence-electron chi connectivity index (χ0n) is 20.1. The molecule has 2 aromatic carbocycles. The third-order valence-electron chi connectivity index (χ3n) is 5.98. The van der Waals surface area contributed by atoms with Gasteiger partial charge in [0.2, 0.25) is 11.8 Å². The first-order valence-electron chi connectivity index (χ1n) is 11.7. The first kappa shape index (κ1) is 23.4. The second kappa shape index (κ2) is 10.0. The summed E-state index contributed by atoms with van der Waals surface area (Å²) in [5, 5.41) is 6.27. The van der Waals surface area contributed by atoms with Crippen LogP contribution in [0.5, 0.6) is 0 Å². The summed E-state index contributed by atoms with van der Waals surface area (Å²) in [6.07, 6.45) is 0.216. The highest BCUT2D eigenvalue weighted by Gasteiger charge is 2.36. The van der Waals surface area contributed by atoms with Crippen molar-refractivity contribution in [1.82, 2.24) is 9.97 Å². The van der Waals surface area contributed by atoms with Crippen LogP contribution < -0.4 is 15.5 Å². The summed E-state index contributed by atoms with van der Waals surface area (Å²) in [5.41, 5.74) is 5.52. The van der Waals surface area contributed by atoms with Gasteiger partial charge in [-0.3, -0.25) is 9.59 Å². The molecule has 1 aliphatic rings. The van der Waals surface area contributed by atoms with E-state index in [-0.39, 0.29) is 24.2 Å². The van der Waals surface area contributed by atoms with Crippen molar-refractivity contribution in [3.8, 4) is 0 Å². The minimum absolute atomic E-state index is 0.0126. The van der Waals surface area contributed by atoms with E-state index in [0.717, 1.165) is 34.2 Å². The minimum Gasteiger partial charge on any atom is -0.378 e. The molecule has 7 nitrogen and oxygen atoms in total. The van der Waals surface area contributed by atoms with Gasteiger partial charge in [0.05, 0.1) is 12.5 Å². The quantitative estimate of drug-likeness (QED) is 0.531. The van der Waals surface area contributed by atoms with Crippen molar-refractivity contribution in [2.75, 3.05) is 22.1 Å². The van der Waals surface area contributed by atoms with Crippen LogP contribution >= 0.6 is 0 Å². The molecular formula is C27H31N5O2. The van der Waals surface area contributed by atoms with Crippen molar-refractivity contribution < 1.29 is 9.59 Å². The smallest absolute Gasteiger partial charge is 0.229 e. The predicted molar refractivity (Wildman–Crippen MR) is 135 cm³/mol. The molecular weight excluding hydrogens is 426 g/mol. The van der Waals surface area contributed by atoms with E-state index in [1.807, 2.05) is 68.4 Å². The Bertz CT molecular complexity index is 1170. The highest BCUT2D eigenvalue weighted by Crippen LogP contribution is 2.32. The van der Waals surface area contributed by atoms with Gasteiger partial charge in [-0.25, -0.2) is 9.97 Å². The number of benzene rings is 2. The van der Waals surface area contributed by atoms with Gasteiger partial charge in [0.15, 0.2) is 0 Å². The van der Waals surface area contributed by atoms with Crippen LogP contribution in [0.3, 0.4) is 0 Å². The van der Waals surface area contributed by atoms with Crippen LogP contribution in [-0.4, -0.2) is 28.3 Å². The van der Waals surface area contributed by atoms with Crippen LogP contribution in [-0.2, 0) is 16.1 Å². The van der Waals surface area contributed by atoms with Gasteiger partial charge in [0, 0.05) is 41.4 Å². The Labute approximate surface area is 200 Å². The van der Waals surface area contributed by atoms with Crippen LogP contribution in [0.1, 0.15) is 49.0 Å². The fourth-order valence-electron chi connectivity index (χ4n) is 4.31. The number of hydrogen-bond acceptors (Lipinski definition) is 5. The number of rotatable bonds is 7. The molecule has 3 aromatic rings. The fourth-order valence-corrected chi connectivity index (χ4v) is 4.31. The number of hydrogen-bond donors (Lipinski definition) is 2. The van der Waals surface area contributed by atoms with Gasteiger partial charge in [-0.15, -0.1) is 0 Å². The molecule has 176 valence electrons. The van der Waals surface area contributed by atoms with Gasteiger partial charge in [-0.05, 0) is 61.7 Å². The summed E-state index contributed by atoms with van der Waals surface area (Å²) in [5.74, 6) is 0.505. The lowest BCUT2D eigenvalue weighted by atomic mass is 10.0. The monoisotopic (exact) mass is 457 g/mol. The molecule has 1 fully saturated rings. The summed E-state index contributed by atoms with van der Waals surface area (Å²) >= 11 is 0. The number of anilines is 3. The molecule has 0 saturated carbocycles. The summed E-state index contributed by atoms with van der Waals surface area (Å²) in [6.45, 7) is 9.04. The second-order valence-corrected chi connectivity index (χ2v) is 9.11. The highest BCUT2D eigenvalue weighted by atomic mass is 16.2. The molecule has 0 aliphatic carbocycles. The SMILES string of the molecule is Cc1cc(C)nc(CNc2ccc(NC(=O)C3CC(=O)N(c4ccccc4C(C)C)C3)cc2)n1. The molecule has 1 atom stereocenters. The lowest BCUT2D eigenvalue weighted by molar-refractivity contribution is -0.122. The molecule has 7 heteroatoms. The van der Waals surface area contributed by atoms with Gasteiger partial charge >= 0.3 is 0 Å². The number of nitrogens with one attached hydrogen (secondary N) is 2. The molecule has 0 spiro atoms. The molecule has 0 bridgehead atoms. The Kier molecular flexibility index (Phi) is 6.91. The number of nitrogens with zero attached hydrogens (tertiary/aromatic N) is 3. The Balaban J connectivity index is 1.35. The van der Waals surface area contributed by atoms with Crippen LogP contribution in [0.15, 0.2) is 54.6 Å². The van der Waals surface area contributed by atoms with Gasteiger partial charge in [0.1, 0.15) is 5.82 Å². The van der Waals surface area contributed by atoms with Crippen molar-refractivity contribution in [3.63, 3.8) is 0 Å². The highest BCUT2D eigenvalue weighted by molar-refractivity contribution is 6.04. The maximum absolute atomic E-state index is 12.9. The number of aryl methyl sites for hydroxylation is 2. The van der Waals surface area contributed by atoms with Gasteiger partial charge in [0.25, 0.3) is 0 Å². The van der Waals surface area contributed by atoms with E-state index in [1.54, 1.807) is 4.90 Å². The summed E-state index contributed by atoms with van der Waals surface area (Å²) in [6, 6.07) is 17.4. The molecule has 4 rings (SSSR count). The molecule has 1 saturated heterocycles. The number of carbonyl (C=O) groups excluding carboxylic acids is 2. The summed E-state index contributed by atoms with van der Waals surface area (Å²) < 4.78 is 0. The molecule has 34 heavy (non-hydrogen) atoms. The van der Waals surface area contributed by atoms with E-state index >= 15 is 0 Å². The van der Waals surface area contributed by atoms with Crippen LogP contribution in [0.4, 0.5) is 17.1 Å². The number of aromatic nitrogens is 2. The Morgan fingerprint density at radius 2 is 1.68 bits per heavy atom. The van der Waals surface area contributed by atoms with E-state index in [4.69, 9.17) is 0 Å². The van der Waals surface area contributed by atoms with Crippen LogP contribution in [0.2, 0.25) is 0 Å². The molecule has 1 aliphatic heterocycles. The largest absolute Gasteiger partial charge is 0.378 e. The standard InChI is InChI=1S/C27H31N5O2/c1-17(2)23-7-5-6-8-24(23)32-16-20(14-26(32)33)27(34)31-22-11-9-21(10-12-22)28-15-25-29-18(3)13-19(4)30-25/h5-13,17,20,28H,14-16H2,1-4H3,(H,31,34). The van der Waals surface area contributed by atoms with Crippen molar-refractivity contribution in [2.45, 2.75) is 46.6 Å². The average Bonchev–Trinajstić information content (AvgIpc) is 3.19. The van der Waals surface area contributed by atoms with Crippen molar-refractivity contribution in [1.29, 1.82) is 0 Å². The van der Waals surface area contributed by atoms with E-state index in [2.05, 4.69) is 34.4 Å². The van der Waals surface area contributed by atoms with Crippen molar-refractivity contribution in [2.24, 2.45) is 5.92 Å². The van der Waals surface area contributed by atoms with Crippen LogP contribution in [0, 0.1) is 19.8 Å². The number of amides is 2. The predicted octanol–water partition coefficient (Wildman–Crippen LogP) is 4.82. The molecule has 2 heterocycles. The Morgan fingerprint density at radius 1 is 1.03 bits per heavy atom. The molecule has 2 N–H and O–H groups in total. The maximum atomic E-state index is 12.9. The Hall–Kier alpha value is -3.74. The van der Waals surface area contributed by atoms with E-state index in [1.165, 1.54) is 0 Å². The van der Waals surface area contributed by atoms with Gasteiger partial charge in [-0.1, -0.05) is 32.0 Å². The summed E-state index contributed by atoms with van der Waals surface area (Å²) in [7, 11) is 0. The molecule has 1 unspecified atom stereocenters. The first-order chi connectivity index (χ1) is 16.3. The Morgan fingerprint density at radius 3 is 2.35 bits per heavy atom. The number of para-hydroxylation sites is 1. The van der Waals surface area contributed by atoms with Crippen molar-refractivity contribution in [3.05, 3.63) is 77.4 Å². The number of carbonyl (C=O) groups is 2. The van der Waals surface area contributed by atoms with Crippen molar-refractivity contribution >= 4 is 28.9 Å². The molecule has 0 radical (unpaired) electrons. The summed E-state index contributed by atoms with van der Waals surface area (Å²) in [4.78, 5) is 36.2. The third-order valence-corrected chi connectivity index (χ3v) is 5.98. The van der Waals surface area contributed by atoms with Gasteiger partial charge < -0.3 is 15.5 Å². The zero-order chi connectivity index (χ0) is 24.2. The second-order valence-electron chi connectivity index (χ2n) is 9.11.